The summed E-state index contributed by atoms with van der Waals surface area (Å²) < 4.78 is 0. The third-order valence-electron chi connectivity index (χ3n) is 9.56. The first-order valence-electron chi connectivity index (χ1n) is 16.7. The van der Waals surface area contributed by atoms with Crippen molar-refractivity contribution in [3.63, 3.8) is 0 Å². The van der Waals surface area contributed by atoms with Gasteiger partial charge in [0.25, 0.3) is 0 Å². The van der Waals surface area contributed by atoms with Crippen molar-refractivity contribution in [1.82, 2.24) is 24.9 Å². The molecule has 0 unspecified atom stereocenters. The Bertz CT molecular complexity index is 2800. The zero-order valence-electron chi connectivity index (χ0n) is 26.8. The first-order chi connectivity index (χ1) is 24.8. The van der Waals surface area contributed by atoms with Crippen molar-refractivity contribution >= 4 is 54.0 Å². The quantitative estimate of drug-likeness (QED) is 0.180. The summed E-state index contributed by atoms with van der Waals surface area (Å²) in [6.45, 7) is 0. The molecule has 0 aliphatic heterocycles. The van der Waals surface area contributed by atoms with Crippen molar-refractivity contribution in [3.05, 3.63) is 164 Å². The van der Waals surface area contributed by atoms with E-state index in [0.29, 0.717) is 17.2 Å². The molecule has 0 N–H and O–H groups in total. The summed E-state index contributed by atoms with van der Waals surface area (Å²) in [6, 6.07) is 52.9. The third-order valence-corrected chi connectivity index (χ3v) is 9.56. The van der Waals surface area contributed by atoms with Crippen LogP contribution in [0.15, 0.2) is 164 Å². The Morgan fingerprint density at radius 2 is 0.780 bits per heavy atom. The Kier molecular flexibility index (Phi) is 6.42. The molecule has 0 aliphatic carbocycles. The fourth-order valence-corrected chi connectivity index (χ4v) is 7.15. The van der Waals surface area contributed by atoms with Gasteiger partial charge in [-0.2, -0.15) is 0 Å². The smallest absolute Gasteiger partial charge is 0.180 e. The molecule has 5 heteroatoms. The minimum atomic E-state index is 0.512. The number of fused-ring (bicyclic) bond motifs is 7. The van der Waals surface area contributed by atoms with Gasteiger partial charge in [0.1, 0.15) is 11.4 Å². The number of hydrogen-bond acceptors (Lipinski definition) is 5. The first kappa shape index (κ1) is 28.2. The van der Waals surface area contributed by atoms with Crippen molar-refractivity contribution in [3.8, 4) is 45.4 Å². The normalized spacial score (nSPS) is 11.6. The monoisotopic (exact) mass is 637 g/mol. The zero-order valence-corrected chi connectivity index (χ0v) is 26.8. The molecule has 3 aromatic heterocycles. The van der Waals surface area contributed by atoms with Gasteiger partial charge in [-0.05, 0) is 73.4 Å². The van der Waals surface area contributed by atoms with Gasteiger partial charge in [-0.15, -0.1) is 0 Å². The Hall–Kier alpha value is -6.85. The maximum atomic E-state index is 5.21. The zero-order chi connectivity index (χ0) is 33.0. The van der Waals surface area contributed by atoms with Gasteiger partial charge in [0.2, 0.25) is 0 Å². The minimum absolute atomic E-state index is 0.512. The largest absolute Gasteiger partial charge is 0.251 e. The van der Waals surface area contributed by atoms with Gasteiger partial charge < -0.3 is 0 Å². The lowest BCUT2D eigenvalue weighted by Gasteiger charge is -2.15. The Morgan fingerprint density at radius 1 is 0.300 bits per heavy atom. The molecule has 7 aromatic carbocycles. The Labute approximate surface area is 287 Å². The molecule has 0 radical (unpaired) electrons. The summed E-state index contributed by atoms with van der Waals surface area (Å²) in [5.74, 6) is 0.512. The summed E-state index contributed by atoms with van der Waals surface area (Å²) in [7, 11) is 0. The number of pyridine rings is 1. The van der Waals surface area contributed by atoms with E-state index in [4.69, 9.17) is 24.9 Å². The van der Waals surface area contributed by atoms with E-state index in [1.807, 2.05) is 24.3 Å². The molecule has 0 saturated heterocycles. The summed E-state index contributed by atoms with van der Waals surface area (Å²) in [5.41, 5.74) is 6.70. The molecule has 0 fully saturated rings. The van der Waals surface area contributed by atoms with Crippen LogP contribution < -0.4 is 0 Å². The maximum absolute atomic E-state index is 5.21. The van der Waals surface area contributed by atoms with Crippen LogP contribution in [-0.4, -0.2) is 24.9 Å². The molecule has 50 heavy (non-hydrogen) atoms. The number of rotatable bonds is 4. The number of hydrogen-bond donors (Lipinski definition) is 0. The van der Waals surface area contributed by atoms with Crippen LogP contribution in [0.4, 0.5) is 0 Å². The van der Waals surface area contributed by atoms with Crippen molar-refractivity contribution in [2.45, 2.75) is 0 Å². The predicted molar refractivity (Wildman–Crippen MR) is 205 cm³/mol. The molecular formula is C45H27N5. The fraction of sp³-hybridized carbons (Fsp3) is 0. The SMILES string of the molecule is c1ccc2nc(-c3cnc(-c4nc(-c5cc6ccccc6c6ccccc56)cc(-c5cc6ccccc6c6ccccc56)n4)cn3)ccc2c1. The number of aromatic nitrogens is 5. The van der Waals surface area contributed by atoms with Crippen molar-refractivity contribution in [2.75, 3.05) is 0 Å². The van der Waals surface area contributed by atoms with Gasteiger partial charge in [0, 0.05) is 16.5 Å². The molecule has 10 rings (SSSR count). The second kappa shape index (κ2) is 11.4. The average molecular weight is 638 g/mol. The van der Waals surface area contributed by atoms with E-state index >= 15 is 0 Å². The summed E-state index contributed by atoms with van der Waals surface area (Å²) in [5, 5.41) is 10.5. The van der Waals surface area contributed by atoms with Crippen LogP contribution in [0, 0.1) is 0 Å². The molecule has 0 spiro atoms. The van der Waals surface area contributed by atoms with Crippen LogP contribution in [0.1, 0.15) is 0 Å². The van der Waals surface area contributed by atoms with E-state index in [1.165, 1.54) is 21.5 Å². The van der Waals surface area contributed by atoms with E-state index in [0.717, 1.165) is 60.7 Å². The molecule has 5 nitrogen and oxygen atoms in total. The Balaban J connectivity index is 1.21. The van der Waals surface area contributed by atoms with Gasteiger partial charge in [-0.1, -0.05) is 121 Å². The van der Waals surface area contributed by atoms with Gasteiger partial charge in [-0.25, -0.2) is 19.9 Å². The van der Waals surface area contributed by atoms with Crippen LogP contribution in [0.2, 0.25) is 0 Å². The van der Waals surface area contributed by atoms with Crippen LogP contribution >= 0.6 is 0 Å². The highest BCUT2D eigenvalue weighted by Gasteiger charge is 2.18. The van der Waals surface area contributed by atoms with Gasteiger partial charge >= 0.3 is 0 Å². The minimum Gasteiger partial charge on any atom is -0.251 e. The molecule has 0 bridgehead atoms. The molecule has 0 aliphatic rings. The third kappa shape index (κ3) is 4.67. The van der Waals surface area contributed by atoms with Crippen LogP contribution in [-0.2, 0) is 0 Å². The first-order valence-corrected chi connectivity index (χ1v) is 16.7. The lowest BCUT2D eigenvalue weighted by Crippen LogP contribution is -2.00. The Morgan fingerprint density at radius 3 is 1.36 bits per heavy atom. The van der Waals surface area contributed by atoms with Crippen molar-refractivity contribution < 1.29 is 0 Å². The average Bonchev–Trinajstić information content (AvgIpc) is 3.20. The standard InChI is InChI=1S/C45H27N5/c1-4-14-31-29(12-1)23-37(35-18-8-6-16-33(31)35)41-25-42(38-24-30-13-2-5-15-32(30)34-17-7-9-19-36(34)38)50-45(49-41)44-27-46-43(26-47-44)40-22-21-28-11-3-10-20-39(28)48-40/h1-27H. The molecule has 0 saturated carbocycles. The molecule has 3 heterocycles. The highest BCUT2D eigenvalue weighted by Crippen LogP contribution is 2.39. The highest BCUT2D eigenvalue weighted by atomic mass is 14.9. The van der Waals surface area contributed by atoms with Crippen molar-refractivity contribution in [2.24, 2.45) is 0 Å². The molecule has 232 valence electrons. The second-order valence-electron chi connectivity index (χ2n) is 12.5. The van der Waals surface area contributed by atoms with E-state index in [2.05, 4.69) is 127 Å². The maximum Gasteiger partial charge on any atom is 0.180 e. The fourth-order valence-electron chi connectivity index (χ4n) is 7.15. The van der Waals surface area contributed by atoms with Crippen molar-refractivity contribution in [1.29, 1.82) is 0 Å². The predicted octanol–water partition coefficient (Wildman–Crippen LogP) is 11.1. The van der Waals surface area contributed by atoms with Crippen LogP contribution in [0.25, 0.3) is 99.4 Å². The van der Waals surface area contributed by atoms with Gasteiger partial charge in [0.15, 0.2) is 5.82 Å². The van der Waals surface area contributed by atoms with E-state index in [-0.39, 0.29) is 0 Å². The lowest BCUT2D eigenvalue weighted by atomic mass is 9.93. The summed E-state index contributed by atoms with van der Waals surface area (Å²) in [4.78, 5) is 24.9. The summed E-state index contributed by atoms with van der Waals surface area (Å²) >= 11 is 0. The molecule has 10 aromatic rings. The van der Waals surface area contributed by atoms with E-state index < -0.39 is 0 Å². The number of para-hydroxylation sites is 1. The molecule has 0 amide bonds. The van der Waals surface area contributed by atoms with Gasteiger partial charge in [0.05, 0.1) is 35.0 Å². The number of benzene rings is 7. The lowest BCUT2D eigenvalue weighted by molar-refractivity contribution is 1.12. The topological polar surface area (TPSA) is 64.5 Å². The molecule has 0 atom stereocenters. The van der Waals surface area contributed by atoms with E-state index in [9.17, 15) is 0 Å². The molecular weight excluding hydrogens is 611 g/mol. The van der Waals surface area contributed by atoms with Crippen LogP contribution in [0.5, 0.6) is 0 Å². The second-order valence-corrected chi connectivity index (χ2v) is 12.5. The van der Waals surface area contributed by atoms with E-state index in [1.54, 1.807) is 12.4 Å². The van der Waals surface area contributed by atoms with Gasteiger partial charge in [-0.3, -0.25) is 4.98 Å². The number of nitrogens with zero attached hydrogens (tertiary/aromatic N) is 5. The van der Waals surface area contributed by atoms with Crippen LogP contribution in [0.3, 0.4) is 0 Å². The summed E-state index contributed by atoms with van der Waals surface area (Å²) in [6.07, 6.45) is 3.52. The highest BCUT2D eigenvalue weighted by molar-refractivity contribution is 6.15.